The number of carbonyl (C=O) groups is 2. The Morgan fingerprint density at radius 3 is 2.62 bits per heavy atom. The number of carbonyl (C=O) groups excluding carboxylic acids is 2. The first-order valence-corrected chi connectivity index (χ1v) is 5.08. The van der Waals surface area contributed by atoms with Gasteiger partial charge in [0.25, 0.3) is 0 Å². The highest BCUT2D eigenvalue weighted by molar-refractivity contribution is 7.78. The van der Waals surface area contributed by atoms with Crippen LogP contribution in [0.3, 0.4) is 0 Å². The minimum Gasteiger partial charge on any atom is -0.368 e. The Morgan fingerprint density at radius 2 is 2.06 bits per heavy atom. The Labute approximate surface area is 103 Å². The first-order valence-electron chi connectivity index (χ1n) is 4.31. The van der Waals surface area contributed by atoms with Crippen molar-refractivity contribution in [3.05, 3.63) is 29.3 Å². The second kappa shape index (κ2) is 5.62. The molecule has 0 saturated heterocycles. The van der Waals surface area contributed by atoms with Gasteiger partial charge in [0, 0.05) is 0 Å². The molecule has 0 spiro atoms. The van der Waals surface area contributed by atoms with E-state index in [0.29, 0.717) is 10.7 Å². The van der Waals surface area contributed by atoms with Crippen LogP contribution in [0.4, 0.5) is 10.5 Å². The SMILES string of the molecule is NC(=O)CN(S)C(=O)Nc1ccccc1Cl. The maximum Gasteiger partial charge on any atom is 0.332 e. The van der Waals surface area contributed by atoms with Gasteiger partial charge in [-0.05, 0) is 12.1 Å². The molecule has 0 aliphatic rings. The van der Waals surface area contributed by atoms with Gasteiger partial charge in [0.15, 0.2) is 0 Å². The van der Waals surface area contributed by atoms with E-state index >= 15 is 0 Å². The van der Waals surface area contributed by atoms with E-state index in [0.717, 1.165) is 4.31 Å². The molecule has 1 aromatic rings. The molecule has 0 saturated carbocycles. The Bertz CT molecular complexity index is 413. The summed E-state index contributed by atoms with van der Waals surface area (Å²) in [6.07, 6.45) is 0. The zero-order valence-electron chi connectivity index (χ0n) is 8.18. The third kappa shape index (κ3) is 3.63. The van der Waals surface area contributed by atoms with Crippen LogP contribution in [0.2, 0.25) is 5.02 Å². The molecule has 3 N–H and O–H groups in total. The van der Waals surface area contributed by atoms with Crippen molar-refractivity contribution in [3.8, 4) is 0 Å². The second-order valence-electron chi connectivity index (χ2n) is 2.93. The third-order valence-electron chi connectivity index (χ3n) is 1.66. The van der Waals surface area contributed by atoms with Crippen LogP contribution < -0.4 is 11.1 Å². The quantitative estimate of drug-likeness (QED) is 0.720. The summed E-state index contributed by atoms with van der Waals surface area (Å²) >= 11 is 9.64. The largest absolute Gasteiger partial charge is 0.368 e. The lowest BCUT2D eigenvalue weighted by molar-refractivity contribution is -0.117. The summed E-state index contributed by atoms with van der Waals surface area (Å²) in [7, 11) is 0. The minimum absolute atomic E-state index is 0.278. The van der Waals surface area contributed by atoms with Crippen LogP contribution in [-0.4, -0.2) is 22.8 Å². The van der Waals surface area contributed by atoms with Crippen molar-refractivity contribution in [2.75, 3.05) is 11.9 Å². The monoisotopic (exact) mass is 259 g/mol. The van der Waals surface area contributed by atoms with E-state index in [1.807, 2.05) is 0 Å². The smallest absolute Gasteiger partial charge is 0.332 e. The zero-order valence-corrected chi connectivity index (χ0v) is 9.83. The molecule has 16 heavy (non-hydrogen) atoms. The van der Waals surface area contributed by atoms with Gasteiger partial charge in [0.2, 0.25) is 5.91 Å². The van der Waals surface area contributed by atoms with Gasteiger partial charge >= 0.3 is 6.03 Å². The molecule has 0 radical (unpaired) electrons. The Morgan fingerprint density at radius 1 is 1.44 bits per heavy atom. The Hall–Kier alpha value is -1.40. The molecule has 3 amide bonds. The van der Waals surface area contributed by atoms with Crippen LogP contribution in [0.1, 0.15) is 0 Å². The third-order valence-corrected chi connectivity index (χ3v) is 2.31. The fraction of sp³-hybridized carbons (Fsp3) is 0.111. The van der Waals surface area contributed by atoms with Gasteiger partial charge in [-0.3, -0.25) is 9.10 Å². The summed E-state index contributed by atoms with van der Waals surface area (Å²) in [5.41, 5.74) is 5.36. The molecule has 86 valence electrons. The number of hydrogen-bond acceptors (Lipinski definition) is 3. The molecule has 0 heterocycles. The van der Waals surface area contributed by atoms with E-state index in [1.54, 1.807) is 24.3 Å². The van der Waals surface area contributed by atoms with Crippen molar-refractivity contribution in [1.82, 2.24) is 4.31 Å². The van der Waals surface area contributed by atoms with Crippen molar-refractivity contribution in [2.24, 2.45) is 5.73 Å². The standard InChI is InChI=1S/C9H10ClN3O2S/c10-6-3-1-2-4-7(6)12-9(15)13(16)5-8(11)14/h1-4,16H,5H2,(H2,11,14)(H,12,15). The first-order chi connectivity index (χ1) is 7.50. The van der Waals surface area contributed by atoms with E-state index in [4.69, 9.17) is 17.3 Å². The van der Waals surface area contributed by atoms with Gasteiger partial charge in [0.05, 0.1) is 10.7 Å². The molecule has 0 atom stereocenters. The normalized spacial score (nSPS) is 9.62. The molecule has 0 aliphatic heterocycles. The molecular formula is C9H10ClN3O2S. The van der Waals surface area contributed by atoms with E-state index in [2.05, 4.69) is 18.1 Å². The number of para-hydroxylation sites is 1. The van der Waals surface area contributed by atoms with Gasteiger partial charge in [-0.2, -0.15) is 0 Å². The van der Waals surface area contributed by atoms with E-state index in [-0.39, 0.29) is 6.54 Å². The average molecular weight is 260 g/mol. The number of anilines is 1. The second-order valence-corrected chi connectivity index (χ2v) is 3.82. The van der Waals surface area contributed by atoms with E-state index in [9.17, 15) is 9.59 Å². The topological polar surface area (TPSA) is 75.4 Å². The van der Waals surface area contributed by atoms with E-state index < -0.39 is 11.9 Å². The van der Waals surface area contributed by atoms with Crippen molar-refractivity contribution in [1.29, 1.82) is 0 Å². The predicted molar refractivity (Wildman–Crippen MR) is 65.4 cm³/mol. The van der Waals surface area contributed by atoms with Crippen molar-refractivity contribution >= 4 is 42.0 Å². The van der Waals surface area contributed by atoms with Crippen LogP contribution in [-0.2, 0) is 4.79 Å². The first kappa shape index (κ1) is 12.7. The summed E-state index contributed by atoms with van der Waals surface area (Å²) in [4.78, 5) is 22.0. The molecular weight excluding hydrogens is 250 g/mol. The number of primary amides is 1. The number of nitrogens with one attached hydrogen (secondary N) is 1. The van der Waals surface area contributed by atoms with Crippen LogP contribution in [0.5, 0.6) is 0 Å². The fourth-order valence-corrected chi connectivity index (χ4v) is 1.33. The van der Waals surface area contributed by atoms with Gasteiger partial charge in [-0.1, -0.05) is 36.5 Å². The summed E-state index contributed by atoms with van der Waals surface area (Å²) < 4.78 is 0.867. The number of benzene rings is 1. The lowest BCUT2D eigenvalue weighted by atomic mass is 10.3. The maximum atomic E-state index is 11.5. The Kier molecular flexibility index (Phi) is 4.45. The lowest BCUT2D eigenvalue weighted by Gasteiger charge is -2.15. The minimum atomic E-state index is -0.649. The van der Waals surface area contributed by atoms with Crippen LogP contribution in [0.25, 0.3) is 0 Å². The average Bonchev–Trinajstić information content (AvgIpc) is 2.20. The lowest BCUT2D eigenvalue weighted by Crippen LogP contribution is -2.34. The predicted octanol–water partition coefficient (Wildman–Crippen LogP) is 1.50. The summed E-state index contributed by atoms with van der Waals surface area (Å²) in [6.45, 7) is -0.278. The molecule has 0 aromatic heterocycles. The maximum absolute atomic E-state index is 11.5. The highest BCUT2D eigenvalue weighted by Crippen LogP contribution is 2.20. The molecule has 0 aliphatic carbocycles. The zero-order chi connectivity index (χ0) is 12.1. The molecule has 7 heteroatoms. The Balaban J connectivity index is 2.64. The van der Waals surface area contributed by atoms with Gasteiger partial charge in [-0.25, -0.2) is 4.79 Å². The number of hydrogen-bond donors (Lipinski definition) is 3. The number of urea groups is 1. The van der Waals surface area contributed by atoms with Crippen molar-refractivity contribution in [3.63, 3.8) is 0 Å². The molecule has 1 rings (SSSR count). The number of halogens is 1. The molecule has 5 nitrogen and oxygen atoms in total. The molecule has 0 bridgehead atoms. The summed E-state index contributed by atoms with van der Waals surface area (Å²) in [6, 6.07) is 6.15. The summed E-state index contributed by atoms with van der Waals surface area (Å²) in [5.74, 6) is -0.649. The number of amides is 3. The molecule has 0 fully saturated rings. The van der Waals surface area contributed by atoms with Gasteiger partial charge < -0.3 is 11.1 Å². The highest BCUT2D eigenvalue weighted by Gasteiger charge is 2.12. The number of nitrogens with two attached hydrogens (primary N) is 1. The molecule has 0 unspecified atom stereocenters. The van der Waals surface area contributed by atoms with Gasteiger partial charge in [0.1, 0.15) is 6.54 Å². The van der Waals surface area contributed by atoms with Crippen LogP contribution >= 0.6 is 24.4 Å². The number of nitrogens with zero attached hydrogens (tertiary/aromatic N) is 1. The fourth-order valence-electron chi connectivity index (χ4n) is 0.962. The van der Waals surface area contributed by atoms with Gasteiger partial charge in [-0.15, -0.1) is 0 Å². The van der Waals surface area contributed by atoms with Crippen LogP contribution in [0.15, 0.2) is 24.3 Å². The highest BCUT2D eigenvalue weighted by atomic mass is 35.5. The number of thiol groups is 1. The van der Waals surface area contributed by atoms with Crippen LogP contribution in [0, 0.1) is 0 Å². The molecule has 1 aromatic carbocycles. The van der Waals surface area contributed by atoms with Crippen molar-refractivity contribution < 1.29 is 9.59 Å². The van der Waals surface area contributed by atoms with E-state index in [1.165, 1.54) is 0 Å². The van der Waals surface area contributed by atoms with Crippen molar-refractivity contribution in [2.45, 2.75) is 0 Å². The summed E-state index contributed by atoms with van der Waals surface area (Å²) in [5, 5.41) is 2.89. The number of rotatable bonds is 3.